The van der Waals surface area contributed by atoms with Gasteiger partial charge in [-0.2, -0.15) is 0 Å². The summed E-state index contributed by atoms with van der Waals surface area (Å²) in [5.74, 6) is -1.41. The van der Waals surface area contributed by atoms with Gasteiger partial charge in [0.1, 0.15) is 30.1 Å². The number of benzene rings is 1. The molecule has 0 aromatic heterocycles. The number of rotatable bonds is 4. The monoisotopic (exact) mass is 439 g/mol. The van der Waals surface area contributed by atoms with Crippen molar-refractivity contribution in [2.75, 3.05) is 5.75 Å². The molecule has 2 aliphatic rings. The average Bonchev–Trinajstić information content (AvgIpc) is 3.04. The molecule has 0 unspecified atom stereocenters. The number of amides is 1. The Kier molecular flexibility index (Phi) is 5.77. The Morgan fingerprint density at radius 3 is 2.27 bits per heavy atom. The van der Waals surface area contributed by atoms with Crippen molar-refractivity contribution in [1.82, 2.24) is 4.90 Å². The Morgan fingerprint density at radius 1 is 1.17 bits per heavy atom. The van der Waals surface area contributed by atoms with Gasteiger partial charge in [0.25, 0.3) is 0 Å². The molecule has 0 spiro atoms. The van der Waals surface area contributed by atoms with E-state index >= 15 is 0 Å². The molecule has 0 bridgehead atoms. The second-order valence-electron chi connectivity index (χ2n) is 9.24. The van der Waals surface area contributed by atoms with Crippen LogP contribution < -0.4 is 0 Å². The summed E-state index contributed by atoms with van der Waals surface area (Å²) in [4.78, 5) is 26.2. The summed E-state index contributed by atoms with van der Waals surface area (Å²) in [6, 6.07) is 4.53. The molecule has 0 saturated carbocycles. The number of aryl methyl sites for hydroxylation is 1. The Bertz CT molecular complexity index is 918. The lowest BCUT2D eigenvalue weighted by Gasteiger charge is -2.33. The van der Waals surface area contributed by atoms with Gasteiger partial charge in [0.05, 0.1) is 16.7 Å². The fourth-order valence-corrected chi connectivity index (χ4v) is 5.42. The summed E-state index contributed by atoms with van der Waals surface area (Å²) in [5.41, 5.74) is 0.115. The standard InChI is InChI=1S/C21H29NO7S/c1-13-7-9-14(10-8-13)30(25,26)12-16-18-17(27-21(5,6)28-18)15(11-23)22(16)19(24)29-20(2,3)4/h7-11,15-18H,12H2,1-6H3/t15-,16+,17-,18+/m0/s1. The van der Waals surface area contributed by atoms with Gasteiger partial charge in [0.15, 0.2) is 15.6 Å². The van der Waals surface area contributed by atoms with Crippen LogP contribution in [0.4, 0.5) is 4.79 Å². The number of hydrogen-bond acceptors (Lipinski definition) is 7. The molecule has 166 valence electrons. The molecular formula is C21H29NO7S. The Labute approximate surface area is 177 Å². The summed E-state index contributed by atoms with van der Waals surface area (Å²) >= 11 is 0. The van der Waals surface area contributed by atoms with E-state index in [4.69, 9.17) is 14.2 Å². The molecule has 0 aliphatic carbocycles. The third-order valence-electron chi connectivity index (χ3n) is 5.07. The van der Waals surface area contributed by atoms with Gasteiger partial charge in [-0.3, -0.25) is 4.90 Å². The molecule has 2 aliphatic heterocycles. The fraction of sp³-hybridized carbons (Fsp3) is 0.619. The maximum Gasteiger partial charge on any atom is 0.411 e. The minimum atomic E-state index is -3.78. The lowest BCUT2D eigenvalue weighted by Crippen LogP contribution is -2.51. The van der Waals surface area contributed by atoms with Crippen LogP contribution in [0.1, 0.15) is 40.2 Å². The van der Waals surface area contributed by atoms with Gasteiger partial charge >= 0.3 is 6.09 Å². The second kappa shape index (κ2) is 7.62. The van der Waals surface area contributed by atoms with Gasteiger partial charge in [-0.15, -0.1) is 0 Å². The fourth-order valence-electron chi connectivity index (χ4n) is 3.87. The van der Waals surface area contributed by atoms with E-state index in [1.54, 1.807) is 46.8 Å². The lowest BCUT2D eigenvalue weighted by molar-refractivity contribution is -0.166. The summed E-state index contributed by atoms with van der Waals surface area (Å²) in [5, 5.41) is 0. The van der Waals surface area contributed by atoms with Crippen LogP contribution in [-0.4, -0.2) is 67.1 Å². The zero-order valence-corrected chi connectivity index (χ0v) is 18.9. The van der Waals surface area contributed by atoms with E-state index in [0.717, 1.165) is 10.5 Å². The van der Waals surface area contributed by atoms with E-state index in [9.17, 15) is 18.0 Å². The van der Waals surface area contributed by atoms with Gasteiger partial charge in [-0.1, -0.05) is 17.7 Å². The second-order valence-corrected chi connectivity index (χ2v) is 11.3. The molecule has 2 heterocycles. The van der Waals surface area contributed by atoms with Crippen LogP contribution in [0.3, 0.4) is 0 Å². The highest BCUT2D eigenvalue weighted by Gasteiger charge is 2.60. The first-order chi connectivity index (χ1) is 13.7. The number of carbonyl (C=O) groups is 2. The molecule has 0 radical (unpaired) electrons. The summed E-state index contributed by atoms with van der Waals surface area (Å²) in [6.07, 6.45) is -1.74. The molecule has 1 aromatic rings. The number of sulfone groups is 1. The zero-order valence-electron chi connectivity index (χ0n) is 18.1. The number of likely N-dealkylation sites (tertiary alicyclic amines) is 1. The molecule has 3 rings (SSSR count). The Balaban J connectivity index is 1.98. The molecule has 30 heavy (non-hydrogen) atoms. The number of nitrogens with zero attached hydrogens (tertiary/aromatic N) is 1. The van der Waals surface area contributed by atoms with Crippen LogP contribution in [0.25, 0.3) is 0 Å². The molecule has 0 N–H and O–H groups in total. The first-order valence-electron chi connectivity index (χ1n) is 9.86. The minimum Gasteiger partial charge on any atom is -0.444 e. The highest BCUT2D eigenvalue weighted by molar-refractivity contribution is 7.91. The predicted octanol–water partition coefficient (Wildman–Crippen LogP) is 2.48. The molecule has 2 saturated heterocycles. The van der Waals surface area contributed by atoms with E-state index in [1.807, 2.05) is 6.92 Å². The Morgan fingerprint density at radius 2 is 1.73 bits per heavy atom. The SMILES string of the molecule is Cc1ccc(S(=O)(=O)C[C@@H]2[C@H]3OC(C)(C)O[C@H]3[C@H](C=O)N2C(=O)OC(C)(C)C)cc1. The van der Waals surface area contributed by atoms with Gasteiger partial charge in [0, 0.05) is 0 Å². The number of ether oxygens (including phenoxy) is 3. The lowest BCUT2D eigenvalue weighted by atomic mass is 10.1. The molecular weight excluding hydrogens is 410 g/mol. The van der Waals surface area contributed by atoms with Crippen LogP contribution in [0.2, 0.25) is 0 Å². The molecule has 9 heteroatoms. The van der Waals surface area contributed by atoms with Crippen molar-refractivity contribution in [2.24, 2.45) is 0 Å². The van der Waals surface area contributed by atoms with E-state index < -0.39 is 57.4 Å². The van der Waals surface area contributed by atoms with Crippen LogP contribution in [0, 0.1) is 6.92 Å². The molecule has 4 atom stereocenters. The van der Waals surface area contributed by atoms with Crippen LogP contribution >= 0.6 is 0 Å². The number of carbonyl (C=O) groups excluding carboxylic acids is 2. The topological polar surface area (TPSA) is 99.2 Å². The third-order valence-corrected chi connectivity index (χ3v) is 6.84. The maximum atomic E-state index is 13.1. The molecule has 2 fully saturated rings. The van der Waals surface area contributed by atoms with Gasteiger partial charge in [-0.05, 0) is 53.7 Å². The molecule has 8 nitrogen and oxygen atoms in total. The van der Waals surface area contributed by atoms with Crippen molar-refractivity contribution in [3.63, 3.8) is 0 Å². The van der Waals surface area contributed by atoms with E-state index in [1.165, 1.54) is 12.1 Å². The third kappa shape index (κ3) is 4.53. The predicted molar refractivity (Wildman–Crippen MR) is 109 cm³/mol. The maximum absolute atomic E-state index is 13.1. The van der Waals surface area contributed by atoms with E-state index in [2.05, 4.69) is 0 Å². The first kappa shape index (κ1) is 22.7. The summed E-state index contributed by atoms with van der Waals surface area (Å²) < 4.78 is 43.5. The minimum absolute atomic E-state index is 0.140. The van der Waals surface area contributed by atoms with E-state index in [0.29, 0.717) is 6.29 Å². The van der Waals surface area contributed by atoms with Crippen LogP contribution in [0.5, 0.6) is 0 Å². The largest absolute Gasteiger partial charge is 0.444 e. The van der Waals surface area contributed by atoms with Crippen molar-refractivity contribution in [3.05, 3.63) is 29.8 Å². The van der Waals surface area contributed by atoms with Gasteiger partial charge < -0.3 is 19.0 Å². The van der Waals surface area contributed by atoms with Gasteiger partial charge in [0.2, 0.25) is 0 Å². The van der Waals surface area contributed by atoms with Crippen molar-refractivity contribution in [3.8, 4) is 0 Å². The first-order valence-corrected chi connectivity index (χ1v) is 11.5. The normalized spacial score (nSPS) is 28.3. The Hall–Kier alpha value is -1.97. The molecule has 1 amide bonds. The van der Waals surface area contributed by atoms with Crippen molar-refractivity contribution in [2.45, 2.75) is 82.1 Å². The molecule has 1 aromatic carbocycles. The average molecular weight is 440 g/mol. The summed E-state index contributed by atoms with van der Waals surface area (Å²) in [7, 11) is -3.78. The van der Waals surface area contributed by atoms with Crippen molar-refractivity contribution >= 4 is 22.2 Å². The highest BCUT2D eigenvalue weighted by atomic mass is 32.2. The smallest absolute Gasteiger partial charge is 0.411 e. The van der Waals surface area contributed by atoms with Crippen LogP contribution in [0.15, 0.2) is 29.2 Å². The number of fused-ring (bicyclic) bond motifs is 1. The van der Waals surface area contributed by atoms with Crippen LogP contribution in [-0.2, 0) is 28.8 Å². The quantitative estimate of drug-likeness (QED) is 0.665. The summed E-state index contributed by atoms with van der Waals surface area (Å²) in [6.45, 7) is 10.3. The number of aldehydes is 1. The van der Waals surface area contributed by atoms with Crippen molar-refractivity contribution < 1.29 is 32.2 Å². The van der Waals surface area contributed by atoms with E-state index in [-0.39, 0.29) is 4.90 Å². The van der Waals surface area contributed by atoms with Gasteiger partial charge in [-0.25, -0.2) is 13.2 Å². The number of hydrogen-bond donors (Lipinski definition) is 0. The van der Waals surface area contributed by atoms with Crippen molar-refractivity contribution in [1.29, 1.82) is 0 Å². The zero-order chi connectivity index (χ0) is 22.5. The highest BCUT2D eigenvalue weighted by Crippen LogP contribution is 2.41.